The van der Waals surface area contributed by atoms with Gasteiger partial charge in [0.2, 0.25) is 0 Å². The van der Waals surface area contributed by atoms with Crippen LogP contribution < -0.4 is 5.73 Å². The lowest BCUT2D eigenvalue weighted by atomic mass is 10.0. The minimum atomic E-state index is -0.208. The van der Waals surface area contributed by atoms with E-state index in [1.54, 1.807) is 7.11 Å². The Bertz CT molecular complexity index is 419. The molecule has 18 heavy (non-hydrogen) atoms. The summed E-state index contributed by atoms with van der Waals surface area (Å²) in [6.45, 7) is 7.29. The molecule has 102 valence electrons. The molecule has 1 saturated carbocycles. The van der Waals surface area contributed by atoms with Gasteiger partial charge in [-0.1, -0.05) is 6.92 Å². The summed E-state index contributed by atoms with van der Waals surface area (Å²) in [7, 11) is 1.74. The summed E-state index contributed by atoms with van der Waals surface area (Å²) in [5.41, 5.74) is 7.05. The van der Waals surface area contributed by atoms with E-state index >= 15 is 0 Å². The van der Waals surface area contributed by atoms with Crippen LogP contribution in [0.2, 0.25) is 0 Å². The summed E-state index contributed by atoms with van der Waals surface area (Å²) in [5, 5.41) is 0. The number of aromatic nitrogens is 2. The van der Waals surface area contributed by atoms with Crippen LogP contribution in [0.25, 0.3) is 0 Å². The van der Waals surface area contributed by atoms with Crippen molar-refractivity contribution >= 4 is 5.82 Å². The van der Waals surface area contributed by atoms with Gasteiger partial charge in [0.05, 0.1) is 11.3 Å². The fraction of sp³-hybridized carbons (Fsp3) is 0.786. The molecule has 0 unspecified atom stereocenters. The molecule has 0 aliphatic heterocycles. The van der Waals surface area contributed by atoms with Gasteiger partial charge in [0, 0.05) is 26.0 Å². The second kappa shape index (κ2) is 4.92. The van der Waals surface area contributed by atoms with Gasteiger partial charge in [0.15, 0.2) is 0 Å². The van der Waals surface area contributed by atoms with E-state index in [2.05, 4.69) is 25.3 Å². The molecule has 2 N–H and O–H groups in total. The number of rotatable bonds is 6. The third-order valence-electron chi connectivity index (χ3n) is 3.65. The molecular weight excluding hydrogens is 226 g/mol. The highest BCUT2D eigenvalue weighted by Gasteiger charge is 2.31. The summed E-state index contributed by atoms with van der Waals surface area (Å²) in [6, 6.07) is 0. The molecule has 4 nitrogen and oxygen atoms in total. The normalized spacial score (nSPS) is 16.2. The maximum absolute atomic E-state index is 6.26. The van der Waals surface area contributed by atoms with E-state index in [4.69, 9.17) is 15.5 Å². The first-order valence-corrected chi connectivity index (χ1v) is 6.88. The maximum Gasteiger partial charge on any atom is 0.126 e. The van der Waals surface area contributed by atoms with Crippen LogP contribution in [0.5, 0.6) is 0 Å². The Balaban J connectivity index is 2.28. The zero-order valence-electron chi connectivity index (χ0n) is 12.0. The highest BCUT2D eigenvalue weighted by Crippen LogP contribution is 2.41. The van der Waals surface area contributed by atoms with E-state index in [1.807, 2.05) is 0 Å². The van der Waals surface area contributed by atoms with Crippen molar-refractivity contribution in [2.75, 3.05) is 12.8 Å². The van der Waals surface area contributed by atoms with Crippen molar-refractivity contribution in [3.63, 3.8) is 0 Å². The zero-order valence-corrected chi connectivity index (χ0v) is 12.0. The van der Waals surface area contributed by atoms with Gasteiger partial charge < -0.3 is 15.0 Å². The number of ether oxygens (including phenoxy) is 1. The predicted molar refractivity (Wildman–Crippen MR) is 73.7 cm³/mol. The van der Waals surface area contributed by atoms with Gasteiger partial charge in [-0.25, -0.2) is 4.98 Å². The van der Waals surface area contributed by atoms with Crippen LogP contribution in [0.3, 0.4) is 0 Å². The second-order valence-corrected chi connectivity index (χ2v) is 5.87. The van der Waals surface area contributed by atoms with E-state index in [9.17, 15) is 0 Å². The second-order valence-electron chi connectivity index (χ2n) is 5.87. The van der Waals surface area contributed by atoms with E-state index in [-0.39, 0.29) is 5.60 Å². The first-order chi connectivity index (χ1) is 8.48. The van der Waals surface area contributed by atoms with Gasteiger partial charge in [0.1, 0.15) is 11.6 Å². The van der Waals surface area contributed by atoms with E-state index in [0.29, 0.717) is 5.92 Å². The molecule has 2 rings (SSSR count). The molecular formula is C14H25N3O. The highest BCUT2D eigenvalue weighted by atomic mass is 16.5. The molecule has 1 fully saturated rings. The highest BCUT2D eigenvalue weighted by molar-refractivity contribution is 5.40. The number of nitrogens with two attached hydrogens (primary N) is 1. The molecule has 0 saturated heterocycles. The van der Waals surface area contributed by atoms with E-state index in [0.717, 1.165) is 30.9 Å². The Hall–Kier alpha value is -1.03. The lowest BCUT2D eigenvalue weighted by Gasteiger charge is -2.21. The largest absolute Gasteiger partial charge is 0.384 e. The molecule has 1 aliphatic rings. The number of nitrogens with zero attached hydrogens (tertiary/aromatic N) is 2. The minimum absolute atomic E-state index is 0.208. The third kappa shape index (κ3) is 2.69. The molecule has 1 heterocycles. The van der Waals surface area contributed by atoms with Crippen molar-refractivity contribution in [3.05, 3.63) is 11.5 Å². The first kappa shape index (κ1) is 13.4. The smallest absolute Gasteiger partial charge is 0.126 e. The first-order valence-electron chi connectivity index (χ1n) is 6.88. The van der Waals surface area contributed by atoms with Gasteiger partial charge >= 0.3 is 0 Å². The number of imidazole rings is 1. The summed E-state index contributed by atoms with van der Waals surface area (Å²) in [4.78, 5) is 4.78. The Kier molecular flexibility index (Phi) is 3.66. The molecule has 0 bridgehead atoms. The molecule has 0 aromatic carbocycles. The fourth-order valence-electron chi connectivity index (χ4n) is 2.25. The van der Waals surface area contributed by atoms with E-state index in [1.165, 1.54) is 18.7 Å². The number of methoxy groups -OCH3 is 1. The molecule has 1 aromatic heterocycles. The lowest BCUT2D eigenvalue weighted by molar-refractivity contribution is 0.0226. The molecule has 0 amide bonds. The summed E-state index contributed by atoms with van der Waals surface area (Å²) in [6.07, 6.45) is 4.37. The summed E-state index contributed by atoms with van der Waals surface area (Å²) in [5.74, 6) is 2.67. The third-order valence-corrected chi connectivity index (χ3v) is 3.65. The van der Waals surface area contributed by atoms with Gasteiger partial charge in [-0.3, -0.25) is 0 Å². The van der Waals surface area contributed by atoms with Crippen molar-refractivity contribution in [1.29, 1.82) is 0 Å². The van der Waals surface area contributed by atoms with Crippen molar-refractivity contribution < 1.29 is 4.74 Å². The topological polar surface area (TPSA) is 53.1 Å². The summed E-state index contributed by atoms with van der Waals surface area (Å²) < 4.78 is 7.68. The van der Waals surface area contributed by atoms with Crippen LogP contribution in [-0.4, -0.2) is 22.3 Å². The Morgan fingerprint density at radius 1 is 1.44 bits per heavy atom. The average Bonchev–Trinajstić information content (AvgIpc) is 3.11. The number of nitrogen functional groups attached to an aromatic ring is 1. The molecule has 0 radical (unpaired) electrons. The molecule has 1 aliphatic carbocycles. The van der Waals surface area contributed by atoms with Crippen LogP contribution in [0.1, 0.15) is 57.5 Å². The van der Waals surface area contributed by atoms with Crippen LogP contribution in [0.15, 0.2) is 0 Å². The number of anilines is 1. The number of hydrogen-bond donors (Lipinski definition) is 1. The molecule has 4 heteroatoms. The van der Waals surface area contributed by atoms with Gasteiger partial charge in [-0.15, -0.1) is 0 Å². The fourth-order valence-corrected chi connectivity index (χ4v) is 2.25. The molecule has 0 spiro atoms. The number of hydrogen-bond acceptors (Lipinski definition) is 3. The van der Waals surface area contributed by atoms with Crippen molar-refractivity contribution in [3.8, 4) is 0 Å². The van der Waals surface area contributed by atoms with E-state index < -0.39 is 0 Å². The van der Waals surface area contributed by atoms with Gasteiger partial charge in [0.25, 0.3) is 0 Å². The maximum atomic E-state index is 6.26. The van der Waals surface area contributed by atoms with Gasteiger partial charge in [-0.2, -0.15) is 0 Å². The Morgan fingerprint density at radius 3 is 2.61 bits per heavy atom. The van der Waals surface area contributed by atoms with Crippen LogP contribution in [-0.2, 0) is 17.7 Å². The van der Waals surface area contributed by atoms with Crippen LogP contribution >= 0.6 is 0 Å². The minimum Gasteiger partial charge on any atom is -0.384 e. The Labute approximate surface area is 110 Å². The van der Waals surface area contributed by atoms with Crippen molar-refractivity contribution in [2.24, 2.45) is 0 Å². The van der Waals surface area contributed by atoms with Crippen molar-refractivity contribution in [1.82, 2.24) is 9.55 Å². The monoisotopic (exact) mass is 251 g/mol. The van der Waals surface area contributed by atoms with Crippen LogP contribution in [0, 0.1) is 0 Å². The lowest BCUT2D eigenvalue weighted by Crippen LogP contribution is -2.26. The quantitative estimate of drug-likeness (QED) is 0.845. The van der Waals surface area contributed by atoms with Gasteiger partial charge in [-0.05, 0) is 33.1 Å². The molecule has 0 atom stereocenters. The summed E-state index contributed by atoms with van der Waals surface area (Å²) >= 11 is 0. The average molecular weight is 251 g/mol. The Morgan fingerprint density at radius 2 is 2.11 bits per heavy atom. The molecule has 1 aromatic rings. The SMILES string of the molecule is CCCn1c(C2CC2)nc(CC(C)(C)OC)c1N. The van der Waals surface area contributed by atoms with Crippen molar-refractivity contribution in [2.45, 2.75) is 64.5 Å². The zero-order chi connectivity index (χ0) is 13.3. The predicted octanol–water partition coefficient (Wildman–Crippen LogP) is 2.72. The standard InChI is InChI=1S/C14H25N3O/c1-5-8-17-12(15)11(9-14(2,3)18-4)16-13(17)10-6-7-10/h10H,5-9,15H2,1-4H3. The van der Waals surface area contributed by atoms with Crippen LogP contribution in [0.4, 0.5) is 5.82 Å².